The third-order valence-electron chi connectivity index (χ3n) is 4.43. The van der Waals surface area contributed by atoms with Crippen molar-refractivity contribution in [3.63, 3.8) is 0 Å². The standard InChI is InChI=1S/C15H22N4O3S.ClH/c1-3-13-12-8-11(9-17-15(12)22-18-13)23(20,21)19-7-5-4-6-14(19)10(2)16;/h8-10,14H,3-7,16H2,1-2H3;1H. The Balaban J connectivity index is 0.00000208. The Bertz CT molecular complexity index is 806. The van der Waals surface area contributed by atoms with Gasteiger partial charge in [0.15, 0.2) is 0 Å². The number of sulfonamides is 1. The van der Waals surface area contributed by atoms with Crippen molar-refractivity contribution in [2.75, 3.05) is 6.54 Å². The lowest BCUT2D eigenvalue weighted by Gasteiger charge is -2.36. The zero-order valence-electron chi connectivity index (χ0n) is 13.8. The van der Waals surface area contributed by atoms with Crippen molar-refractivity contribution in [3.8, 4) is 0 Å². The van der Waals surface area contributed by atoms with Gasteiger partial charge in [0.05, 0.1) is 17.3 Å². The molecule has 1 aliphatic rings. The molecule has 2 aromatic rings. The Kier molecular flexibility index (Phi) is 5.85. The Labute approximate surface area is 148 Å². The molecule has 7 nitrogen and oxygen atoms in total. The number of pyridine rings is 1. The number of halogens is 1. The molecule has 0 amide bonds. The van der Waals surface area contributed by atoms with Gasteiger partial charge in [-0.2, -0.15) is 4.31 Å². The zero-order valence-corrected chi connectivity index (χ0v) is 15.4. The van der Waals surface area contributed by atoms with Crippen molar-refractivity contribution in [3.05, 3.63) is 18.0 Å². The highest BCUT2D eigenvalue weighted by molar-refractivity contribution is 7.89. The lowest BCUT2D eigenvalue weighted by molar-refractivity contribution is 0.227. The van der Waals surface area contributed by atoms with E-state index < -0.39 is 10.0 Å². The fraction of sp³-hybridized carbons (Fsp3) is 0.600. The van der Waals surface area contributed by atoms with Gasteiger partial charge in [0.1, 0.15) is 4.90 Å². The molecular weight excluding hydrogens is 352 g/mol. The Morgan fingerprint density at radius 2 is 2.21 bits per heavy atom. The predicted octanol–water partition coefficient (Wildman–Crippen LogP) is 2.10. The number of rotatable bonds is 4. The minimum Gasteiger partial charge on any atom is -0.336 e. The molecule has 0 aliphatic carbocycles. The Morgan fingerprint density at radius 1 is 1.46 bits per heavy atom. The van der Waals surface area contributed by atoms with E-state index in [2.05, 4.69) is 10.1 Å². The number of fused-ring (bicyclic) bond motifs is 1. The van der Waals surface area contributed by atoms with Crippen molar-refractivity contribution < 1.29 is 12.9 Å². The topological polar surface area (TPSA) is 102 Å². The summed E-state index contributed by atoms with van der Waals surface area (Å²) in [5.41, 5.74) is 7.08. The lowest BCUT2D eigenvalue weighted by Crippen LogP contribution is -2.51. The first kappa shape index (κ1) is 19.1. The maximum Gasteiger partial charge on any atom is 0.258 e. The van der Waals surface area contributed by atoms with Crippen molar-refractivity contribution in [1.29, 1.82) is 0 Å². The fourth-order valence-corrected chi connectivity index (χ4v) is 4.89. The van der Waals surface area contributed by atoms with Gasteiger partial charge in [-0.1, -0.05) is 18.5 Å². The normalized spacial score (nSPS) is 20.7. The van der Waals surface area contributed by atoms with Gasteiger partial charge in [-0.05, 0) is 32.3 Å². The van der Waals surface area contributed by atoms with Crippen LogP contribution in [0.25, 0.3) is 11.1 Å². The molecule has 0 bridgehead atoms. The average Bonchev–Trinajstić information content (AvgIpc) is 2.97. The molecule has 2 atom stereocenters. The van der Waals surface area contributed by atoms with Crippen LogP contribution in [-0.4, -0.2) is 41.5 Å². The van der Waals surface area contributed by atoms with Gasteiger partial charge in [0.25, 0.3) is 5.71 Å². The number of aryl methyl sites for hydroxylation is 1. The number of nitrogens with two attached hydrogens (primary N) is 1. The van der Waals surface area contributed by atoms with Gasteiger partial charge in [-0.15, -0.1) is 12.4 Å². The highest BCUT2D eigenvalue weighted by Gasteiger charge is 2.35. The number of piperidine rings is 1. The van der Waals surface area contributed by atoms with Crippen LogP contribution in [0.15, 0.2) is 21.7 Å². The summed E-state index contributed by atoms with van der Waals surface area (Å²) in [7, 11) is -3.63. The first-order chi connectivity index (χ1) is 10.9. The summed E-state index contributed by atoms with van der Waals surface area (Å²) in [6.45, 7) is 4.29. The molecule has 1 fully saturated rings. The molecule has 134 valence electrons. The molecule has 24 heavy (non-hydrogen) atoms. The minimum absolute atomic E-state index is 0. The van der Waals surface area contributed by atoms with E-state index in [1.165, 1.54) is 10.5 Å². The van der Waals surface area contributed by atoms with E-state index in [0.717, 1.165) is 19.3 Å². The van der Waals surface area contributed by atoms with Crippen LogP contribution in [0.1, 0.15) is 38.8 Å². The minimum atomic E-state index is -3.63. The molecule has 2 aromatic heterocycles. The Morgan fingerprint density at radius 3 is 2.88 bits per heavy atom. The summed E-state index contributed by atoms with van der Waals surface area (Å²) in [6.07, 6.45) is 4.65. The molecule has 3 rings (SSSR count). The average molecular weight is 375 g/mol. The molecule has 0 aromatic carbocycles. The van der Waals surface area contributed by atoms with Gasteiger partial charge in [0.2, 0.25) is 10.0 Å². The molecule has 9 heteroatoms. The van der Waals surface area contributed by atoms with Crippen LogP contribution in [0.4, 0.5) is 0 Å². The van der Waals surface area contributed by atoms with Crippen molar-refractivity contribution in [2.45, 2.75) is 56.5 Å². The number of hydrogen-bond donors (Lipinski definition) is 1. The van der Waals surface area contributed by atoms with Gasteiger partial charge in [-0.3, -0.25) is 0 Å². The summed E-state index contributed by atoms with van der Waals surface area (Å²) >= 11 is 0. The summed E-state index contributed by atoms with van der Waals surface area (Å²) in [4.78, 5) is 4.29. The maximum absolute atomic E-state index is 13.0. The molecule has 3 heterocycles. The molecule has 2 N–H and O–H groups in total. The van der Waals surface area contributed by atoms with Crippen LogP contribution in [0.2, 0.25) is 0 Å². The second-order valence-corrected chi connectivity index (χ2v) is 7.94. The number of aromatic nitrogens is 2. The van der Waals surface area contributed by atoms with Crippen LogP contribution in [-0.2, 0) is 16.4 Å². The molecule has 0 spiro atoms. The monoisotopic (exact) mass is 374 g/mol. The predicted molar refractivity (Wildman–Crippen MR) is 93.6 cm³/mol. The van der Waals surface area contributed by atoms with Crippen LogP contribution >= 0.6 is 12.4 Å². The SMILES string of the molecule is CCc1noc2ncc(S(=O)(=O)N3CCCCC3C(C)N)cc12.Cl. The van der Waals surface area contributed by atoms with E-state index >= 15 is 0 Å². The second kappa shape index (κ2) is 7.35. The zero-order chi connectivity index (χ0) is 16.6. The highest BCUT2D eigenvalue weighted by Crippen LogP contribution is 2.28. The molecule has 2 unspecified atom stereocenters. The second-order valence-electron chi connectivity index (χ2n) is 6.04. The largest absolute Gasteiger partial charge is 0.336 e. The molecule has 1 aliphatic heterocycles. The quantitative estimate of drug-likeness (QED) is 0.879. The highest BCUT2D eigenvalue weighted by atomic mass is 35.5. The van der Waals surface area contributed by atoms with Gasteiger partial charge in [-0.25, -0.2) is 13.4 Å². The van der Waals surface area contributed by atoms with E-state index in [4.69, 9.17) is 10.3 Å². The van der Waals surface area contributed by atoms with E-state index in [-0.39, 0.29) is 29.4 Å². The van der Waals surface area contributed by atoms with Crippen LogP contribution in [0, 0.1) is 0 Å². The van der Waals surface area contributed by atoms with Gasteiger partial charge in [0, 0.05) is 18.6 Å². The summed E-state index contributed by atoms with van der Waals surface area (Å²) in [5, 5.41) is 4.58. The third-order valence-corrected chi connectivity index (χ3v) is 6.32. The fourth-order valence-electron chi connectivity index (χ4n) is 3.15. The van der Waals surface area contributed by atoms with Crippen molar-refractivity contribution >= 4 is 33.5 Å². The van der Waals surface area contributed by atoms with Gasteiger partial charge >= 0.3 is 0 Å². The molecular formula is C15H23ClN4O3S. The maximum atomic E-state index is 13.0. The third kappa shape index (κ3) is 3.28. The molecule has 0 saturated carbocycles. The molecule has 0 radical (unpaired) electrons. The Hall–Kier alpha value is -1.22. The number of hydrogen-bond acceptors (Lipinski definition) is 6. The number of nitrogens with zero attached hydrogens (tertiary/aromatic N) is 3. The first-order valence-corrected chi connectivity index (χ1v) is 9.41. The van der Waals surface area contributed by atoms with Crippen LogP contribution in [0.3, 0.4) is 0 Å². The van der Waals surface area contributed by atoms with Crippen molar-refractivity contribution in [1.82, 2.24) is 14.4 Å². The van der Waals surface area contributed by atoms with E-state index in [0.29, 0.717) is 29.8 Å². The summed E-state index contributed by atoms with van der Waals surface area (Å²) in [5.74, 6) is 0. The van der Waals surface area contributed by atoms with Crippen LogP contribution < -0.4 is 5.73 Å². The van der Waals surface area contributed by atoms with Gasteiger partial charge < -0.3 is 10.3 Å². The van der Waals surface area contributed by atoms with Crippen LogP contribution in [0.5, 0.6) is 0 Å². The van der Waals surface area contributed by atoms with E-state index in [1.807, 2.05) is 13.8 Å². The summed E-state index contributed by atoms with van der Waals surface area (Å²) in [6, 6.07) is 1.24. The van der Waals surface area contributed by atoms with E-state index in [1.54, 1.807) is 6.07 Å². The molecule has 1 saturated heterocycles. The first-order valence-electron chi connectivity index (χ1n) is 7.97. The van der Waals surface area contributed by atoms with E-state index in [9.17, 15) is 8.42 Å². The smallest absolute Gasteiger partial charge is 0.258 e. The lowest BCUT2D eigenvalue weighted by atomic mass is 10.00. The summed E-state index contributed by atoms with van der Waals surface area (Å²) < 4.78 is 32.7. The van der Waals surface area contributed by atoms with Crippen molar-refractivity contribution in [2.24, 2.45) is 5.73 Å².